The molecule has 0 unspecified atom stereocenters. The van der Waals surface area contributed by atoms with E-state index in [2.05, 4.69) is 6.92 Å². The zero-order valence-corrected chi connectivity index (χ0v) is 12.3. The molecule has 106 valence electrons. The highest BCUT2D eigenvalue weighted by atomic mass is 32.1. The lowest BCUT2D eigenvalue weighted by Crippen LogP contribution is -2.60. The summed E-state index contributed by atoms with van der Waals surface area (Å²) >= 11 is 5.11. The number of nitrogens with zero attached hydrogens (tertiary/aromatic N) is 2. The first-order valence-electron chi connectivity index (χ1n) is 6.71. The predicted molar refractivity (Wildman–Crippen MR) is 76.5 cm³/mol. The van der Waals surface area contributed by atoms with Crippen molar-refractivity contribution in [3.8, 4) is 0 Å². The summed E-state index contributed by atoms with van der Waals surface area (Å²) in [5, 5.41) is 0. The molecule has 0 atom stereocenters. The second-order valence-corrected chi connectivity index (χ2v) is 6.20. The van der Waals surface area contributed by atoms with Crippen molar-refractivity contribution in [3.05, 3.63) is 0 Å². The van der Waals surface area contributed by atoms with Gasteiger partial charge in [-0.05, 0) is 18.8 Å². The Balaban J connectivity index is 2.01. The Morgan fingerprint density at radius 1 is 1.16 bits per heavy atom. The van der Waals surface area contributed by atoms with Crippen molar-refractivity contribution >= 4 is 29.0 Å². The Labute approximate surface area is 119 Å². The van der Waals surface area contributed by atoms with Gasteiger partial charge in [0, 0.05) is 33.1 Å². The maximum Gasteiger partial charge on any atom is 0.235 e. The van der Waals surface area contributed by atoms with Crippen LogP contribution in [0.15, 0.2) is 0 Å². The van der Waals surface area contributed by atoms with Crippen molar-refractivity contribution in [1.29, 1.82) is 0 Å². The van der Waals surface area contributed by atoms with Gasteiger partial charge >= 0.3 is 0 Å². The van der Waals surface area contributed by atoms with Gasteiger partial charge in [0.05, 0.1) is 10.4 Å². The Morgan fingerprint density at radius 3 is 2.00 bits per heavy atom. The Kier molecular flexibility index (Phi) is 3.80. The van der Waals surface area contributed by atoms with Gasteiger partial charge in [0.2, 0.25) is 11.8 Å². The molecule has 5 nitrogen and oxygen atoms in total. The van der Waals surface area contributed by atoms with Gasteiger partial charge in [-0.3, -0.25) is 9.59 Å². The molecule has 0 radical (unpaired) electrons. The quantitative estimate of drug-likeness (QED) is 0.744. The first-order valence-corrected chi connectivity index (χ1v) is 7.12. The fourth-order valence-electron chi connectivity index (χ4n) is 3.14. The molecule has 2 N–H and O–H groups in total. The highest BCUT2D eigenvalue weighted by Gasteiger charge is 2.52. The van der Waals surface area contributed by atoms with Gasteiger partial charge in [-0.1, -0.05) is 19.1 Å². The molecule has 1 saturated heterocycles. The first-order chi connectivity index (χ1) is 8.86. The lowest BCUT2D eigenvalue weighted by Gasteiger charge is -2.48. The summed E-state index contributed by atoms with van der Waals surface area (Å²) < 4.78 is 0. The zero-order valence-electron chi connectivity index (χ0n) is 11.5. The third-order valence-corrected chi connectivity index (χ3v) is 4.68. The Morgan fingerprint density at radius 2 is 1.63 bits per heavy atom. The van der Waals surface area contributed by atoms with Gasteiger partial charge < -0.3 is 15.5 Å². The van der Waals surface area contributed by atoms with Gasteiger partial charge in [0.1, 0.15) is 0 Å². The number of carbonyl (C=O) groups excluding carboxylic acids is 2. The van der Waals surface area contributed by atoms with E-state index in [1.165, 1.54) is 0 Å². The van der Waals surface area contributed by atoms with Crippen LogP contribution in [0.5, 0.6) is 0 Å². The number of hydrogen-bond donors (Lipinski definition) is 1. The summed E-state index contributed by atoms with van der Waals surface area (Å²) in [6.07, 6.45) is 1.52. The average Bonchev–Trinajstić information content (AvgIpc) is 2.33. The lowest BCUT2D eigenvalue weighted by molar-refractivity contribution is -0.148. The first kappa shape index (κ1) is 14.2. The lowest BCUT2D eigenvalue weighted by atomic mass is 9.61. The molecule has 1 aliphatic heterocycles. The van der Waals surface area contributed by atoms with E-state index in [9.17, 15) is 9.59 Å². The molecular weight excluding hydrogens is 262 g/mol. The predicted octanol–water partition coefficient (Wildman–Crippen LogP) is 0.380. The summed E-state index contributed by atoms with van der Waals surface area (Å²) in [6.45, 7) is 6.03. The van der Waals surface area contributed by atoms with E-state index in [0.29, 0.717) is 37.1 Å². The van der Waals surface area contributed by atoms with E-state index >= 15 is 0 Å². The van der Waals surface area contributed by atoms with E-state index < -0.39 is 5.41 Å². The fraction of sp³-hybridized carbons (Fsp3) is 0.769. The molecule has 1 heterocycles. The van der Waals surface area contributed by atoms with Crippen LogP contribution in [0.1, 0.15) is 26.7 Å². The van der Waals surface area contributed by atoms with Gasteiger partial charge in [0.25, 0.3) is 0 Å². The smallest absolute Gasteiger partial charge is 0.235 e. The summed E-state index contributed by atoms with van der Waals surface area (Å²) in [5.74, 6) is 0.624. The van der Waals surface area contributed by atoms with Crippen molar-refractivity contribution in [2.75, 3.05) is 26.2 Å². The molecule has 19 heavy (non-hydrogen) atoms. The minimum Gasteiger partial charge on any atom is -0.392 e. The molecule has 0 aromatic carbocycles. The van der Waals surface area contributed by atoms with Crippen LogP contribution in [-0.4, -0.2) is 52.8 Å². The molecule has 1 saturated carbocycles. The maximum absolute atomic E-state index is 12.6. The van der Waals surface area contributed by atoms with Crippen LogP contribution in [0.25, 0.3) is 0 Å². The molecule has 2 aliphatic rings. The number of nitrogens with two attached hydrogens (primary N) is 1. The summed E-state index contributed by atoms with van der Waals surface area (Å²) in [7, 11) is 0. The Hall–Kier alpha value is -1.17. The molecule has 0 bridgehead atoms. The number of piperazine rings is 1. The average molecular weight is 283 g/mol. The number of rotatable bonds is 2. The highest BCUT2D eigenvalue weighted by Crippen LogP contribution is 2.47. The van der Waals surface area contributed by atoms with Crippen molar-refractivity contribution in [2.45, 2.75) is 26.7 Å². The van der Waals surface area contributed by atoms with Crippen LogP contribution in [0.3, 0.4) is 0 Å². The van der Waals surface area contributed by atoms with Crippen LogP contribution in [0.2, 0.25) is 0 Å². The third-order valence-electron chi connectivity index (χ3n) is 4.29. The van der Waals surface area contributed by atoms with Crippen molar-refractivity contribution in [2.24, 2.45) is 17.1 Å². The van der Waals surface area contributed by atoms with Gasteiger partial charge in [0.15, 0.2) is 0 Å². The molecular formula is C13H21N3O2S. The molecule has 2 amide bonds. The monoisotopic (exact) mass is 283 g/mol. The van der Waals surface area contributed by atoms with E-state index in [1.54, 1.807) is 11.8 Å². The molecule has 0 spiro atoms. The van der Waals surface area contributed by atoms with E-state index in [1.807, 2.05) is 4.90 Å². The number of hydrogen-bond acceptors (Lipinski definition) is 3. The van der Waals surface area contributed by atoms with Crippen LogP contribution < -0.4 is 5.73 Å². The standard InChI is InChI=1S/C13H21N3O2S/c1-9-7-13(8-9,11(14)19)12(18)16-5-3-15(4-6-16)10(2)17/h9H,3-8H2,1-2H3,(H2,14,19). The van der Waals surface area contributed by atoms with Crippen molar-refractivity contribution in [1.82, 2.24) is 9.80 Å². The third kappa shape index (κ3) is 2.45. The molecule has 6 heteroatoms. The van der Waals surface area contributed by atoms with Gasteiger partial charge in [-0.2, -0.15) is 0 Å². The van der Waals surface area contributed by atoms with E-state index in [-0.39, 0.29) is 11.8 Å². The largest absolute Gasteiger partial charge is 0.392 e. The van der Waals surface area contributed by atoms with E-state index in [4.69, 9.17) is 18.0 Å². The number of amides is 2. The van der Waals surface area contributed by atoms with Crippen LogP contribution >= 0.6 is 12.2 Å². The highest BCUT2D eigenvalue weighted by molar-refractivity contribution is 7.80. The van der Waals surface area contributed by atoms with Crippen molar-refractivity contribution in [3.63, 3.8) is 0 Å². The second kappa shape index (κ2) is 5.07. The van der Waals surface area contributed by atoms with Crippen LogP contribution in [-0.2, 0) is 9.59 Å². The minimum atomic E-state index is -0.618. The fourth-order valence-corrected chi connectivity index (χ4v) is 3.39. The maximum atomic E-state index is 12.6. The molecule has 0 aromatic rings. The van der Waals surface area contributed by atoms with E-state index in [0.717, 1.165) is 12.8 Å². The topological polar surface area (TPSA) is 66.6 Å². The van der Waals surface area contributed by atoms with Crippen LogP contribution in [0, 0.1) is 11.3 Å². The molecule has 2 rings (SSSR count). The normalized spacial score (nSPS) is 30.7. The van der Waals surface area contributed by atoms with Crippen LogP contribution in [0.4, 0.5) is 0 Å². The Bertz CT molecular complexity index is 410. The minimum absolute atomic E-state index is 0.0568. The molecule has 0 aromatic heterocycles. The summed E-state index contributed by atoms with van der Waals surface area (Å²) in [4.78, 5) is 27.8. The van der Waals surface area contributed by atoms with Gasteiger partial charge in [-0.15, -0.1) is 0 Å². The SMILES string of the molecule is CC(=O)N1CCN(C(=O)C2(C(N)=S)CC(C)C2)CC1. The zero-order chi connectivity index (χ0) is 14.2. The van der Waals surface area contributed by atoms with Crippen molar-refractivity contribution < 1.29 is 9.59 Å². The van der Waals surface area contributed by atoms with Gasteiger partial charge in [-0.25, -0.2) is 0 Å². The molecule has 1 aliphatic carbocycles. The number of carbonyl (C=O) groups is 2. The second-order valence-electron chi connectivity index (χ2n) is 5.76. The number of thiocarbonyl (C=S) groups is 1. The molecule has 2 fully saturated rings. The summed E-state index contributed by atoms with van der Waals surface area (Å²) in [5.41, 5.74) is 5.18. The summed E-state index contributed by atoms with van der Waals surface area (Å²) in [6, 6.07) is 0.